The molecule has 31 heavy (non-hydrogen) atoms. The number of hydrogen-bond donors (Lipinski definition) is 2. The van der Waals surface area contributed by atoms with Crippen LogP contribution in [-0.4, -0.2) is 23.7 Å². The Hall–Kier alpha value is -3.75. The SMILES string of the molecule is O=C(Nc1ccc(Oc2ccccc2F)cn1)N[C@@H]1[C@H]2COc3c(F)ccc(F)c3[C@@H]21. The molecule has 0 saturated heterocycles. The second kappa shape index (κ2) is 7.50. The lowest BCUT2D eigenvalue weighted by molar-refractivity contribution is 0.247. The van der Waals surface area contributed by atoms with Crippen LogP contribution in [0.15, 0.2) is 54.7 Å². The normalized spacial score (nSPS) is 20.7. The lowest BCUT2D eigenvalue weighted by Gasteiger charge is -2.16. The van der Waals surface area contributed by atoms with E-state index in [1.54, 1.807) is 12.1 Å². The van der Waals surface area contributed by atoms with Crippen LogP contribution in [0.1, 0.15) is 11.5 Å². The number of carbonyl (C=O) groups is 1. The first-order valence-electron chi connectivity index (χ1n) is 9.58. The third-order valence-electron chi connectivity index (χ3n) is 5.36. The number of amides is 2. The molecule has 2 aliphatic rings. The standard InChI is InChI=1S/C22H16F3N3O3/c23-13-3-1-2-4-16(13)31-11-5-8-17(26-9-11)27-22(29)28-20-12-10-30-21-15(25)7-6-14(24)19(21)18(12)20/h1-9,12,18,20H,10H2,(H2,26,27,28,29)/t12-,18+,20+/m0/s1. The molecule has 5 rings (SSSR count). The van der Waals surface area contributed by atoms with E-state index < -0.39 is 23.5 Å². The molecule has 0 bridgehead atoms. The van der Waals surface area contributed by atoms with Crippen molar-refractivity contribution < 1.29 is 27.4 Å². The summed E-state index contributed by atoms with van der Waals surface area (Å²) in [6.07, 6.45) is 1.35. The predicted molar refractivity (Wildman–Crippen MR) is 105 cm³/mol. The Bertz CT molecular complexity index is 1160. The molecule has 2 aromatic carbocycles. The van der Waals surface area contributed by atoms with Crippen molar-refractivity contribution in [1.82, 2.24) is 10.3 Å². The number of nitrogens with one attached hydrogen (secondary N) is 2. The second-order valence-electron chi connectivity index (χ2n) is 7.31. The number of anilines is 1. The lowest BCUT2D eigenvalue weighted by atomic mass is 10.0. The van der Waals surface area contributed by atoms with Gasteiger partial charge in [0.05, 0.1) is 12.8 Å². The fourth-order valence-electron chi connectivity index (χ4n) is 3.83. The van der Waals surface area contributed by atoms with Gasteiger partial charge < -0.3 is 14.8 Å². The number of carbonyl (C=O) groups excluding carboxylic acids is 1. The molecule has 1 saturated carbocycles. The average molecular weight is 427 g/mol. The molecule has 9 heteroatoms. The minimum Gasteiger partial charge on any atom is -0.490 e. The van der Waals surface area contributed by atoms with Crippen molar-refractivity contribution in [1.29, 1.82) is 0 Å². The molecular weight excluding hydrogens is 411 g/mol. The van der Waals surface area contributed by atoms with E-state index in [2.05, 4.69) is 15.6 Å². The summed E-state index contributed by atoms with van der Waals surface area (Å²) in [4.78, 5) is 16.4. The molecule has 6 nitrogen and oxygen atoms in total. The number of pyridine rings is 1. The molecule has 3 aromatic rings. The van der Waals surface area contributed by atoms with Crippen LogP contribution >= 0.6 is 0 Å². The van der Waals surface area contributed by atoms with Gasteiger partial charge in [-0.2, -0.15) is 0 Å². The van der Waals surface area contributed by atoms with Crippen molar-refractivity contribution in [2.75, 3.05) is 11.9 Å². The summed E-state index contributed by atoms with van der Waals surface area (Å²) >= 11 is 0. The summed E-state index contributed by atoms with van der Waals surface area (Å²) in [7, 11) is 0. The highest BCUT2D eigenvalue weighted by Crippen LogP contribution is 2.55. The van der Waals surface area contributed by atoms with E-state index in [0.29, 0.717) is 5.75 Å². The predicted octanol–water partition coefficient (Wildman–Crippen LogP) is 4.59. The fraction of sp³-hybridized carbons (Fsp3) is 0.182. The monoisotopic (exact) mass is 427 g/mol. The number of ether oxygens (including phenoxy) is 2. The Kier molecular flexibility index (Phi) is 4.65. The van der Waals surface area contributed by atoms with Crippen LogP contribution in [-0.2, 0) is 0 Å². The molecular formula is C22H16F3N3O3. The molecule has 158 valence electrons. The molecule has 2 N–H and O–H groups in total. The Morgan fingerprint density at radius 2 is 1.84 bits per heavy atom. The van der Waals surface area contributed by atoms with Gasteiger partial charge >= 0.3 is 6.03 Å². The van der Waals surface area contributed by atoms with Crippen LogP contribution in [0.5, 0.6) is 17.2 Å². The summed E-state index contributed by atoms with van der Waals surface area (Å²) in [6.45, 7) is 0.198. The molecule has 1 aliphatic heterocycles. The minimum atomic E-state index is -0.619. The number of rotatable bonds is 4. The first kappa shape index (κ1) is 19.2. The number of hydrogen-bond acceptors (Lipinski definition) is 4. The van der Waals surface area contributed by atoms with Crippen LogP contribution in [0.4, 0.5) is 23.8 Å². The van der Waals surface area contributed by atoms with E-state index >= 15 is 0 Å². The summed E-state index contributed by atoms with van der Waals surface area (Å²) in [5, 5.41) is 5.33. The van der Waals surface area contributed by atoms with Gasteiger partial charge in [-0.3, -0.25) is 5.32 Å². The van der Waals surface area contributed by atoms with Gasteiger partial charge in [-0.05, 0) is 36.4 Å². The number of urea groups is 1. The van der Waals surface area contributed by atoms with Gasteiger partial charge in [0.15, 0.2) is 23.1 Å². The lowest BCUT2D eigenvalue weighted by Crippen LogP contribution is -2.32. The molecule has 1 aliphatic carbocycles. The van der Waals surface area contributed by atoms with Crippen molar-refractivity contribution >= 4 is 11.8 Å². The van der Waals surface area contributed by atoms with E-state index in [1.807, 2.05) is 0 Å². The van der Waals surface area contributed by atoms with Gasteiger partial charge in [-0.25, -0.2) is 22.9 Å². The maximum Gasteiger partial charge on any atom is 0.320 e. The van der Waals surface area contributed by atoms with E-state index in [0.717, 1.165) is 12.1 Å². The van der Waals surface area contributed by atoms with Gasteiger partial charge in [0, 0.05) is 23.4 Å². The van der Waals surface area contributed by atoms with E-state index in [4.69, 9.17) is 9.47 Å². The van der Waals surface area contributed by atoms with Gasteiger partial charge in [0.25, 0.3) is 0 Å². The number of para-hydroxylation sites is 1. The van der Waals surface area contributed by atoms with Gasteiger partial charge in [0.2, 0.25) is 0 Å². The van der Waals surface area contributed by atoms with Crippen molar-refractivity contribution in [3.8, 4) is 17.2 Å². The van der Waals surface area contributed by atoms with Crippen molar-refractivity contribution in [3.63, 3.8) is 0 Å². The Labute approximate surface area is 175 Å². The minimum absolute atomic E-state index is 0.0604. The topological polar surface area (TPSA) is 72.5 Å². The van der Waals surface area contributed by atoms with E-state index in [1.165, 1.54) is 30.5 Å². The molecule has 0 spiro atoms. The maximum absolute atomic E-state index is 14.2. The molecule has 3 atom stereocenters. The molecule has 0 radical (unpaired) electrons. The zero-order valence-corrected chi connectivity index (χ0v) is 15.9. The van der Waals surface area contributed by atoms with E-state index in [-0.39, 0.29) is 47.4 Å². The molecule has 2 heterocycles. The fourth-order valence-corrected chi connectivity index (χ4v) is 3.83. The largest absolute Gasteiger partial charge is 0.490 e. The zero-order chi connectivity index (χ0) is 21.5. The third-order valence-corrected chi connectivity index (χ3v) is 5.36. The van der Waals surface area contributed by atoms with Gasteiger partial charge in [0.1, 0.15) is 17.4 Å². The van der Waals surface area contributed by atoms with Gasteiger partial charge in [-0.15, -0.1) is 0 Å². The summed E-state index contributed by atoms with van der Waals surface area (Å²) < 4.78 is 52.5. The number of fused-ring (bicyclic) bond motifs is 3. The Balaban J connectivity index is 1.21. The number of halogens is 3. The number of aromatic nitrogens is 1. The maximum atomic E-state index is 14.2. The van der Waals surface area contributed by atoms with Crippen molar-refractivity contribution in [2.45, 2.75) is 12.0 Å². The summed E-state index contributed by atoms with van der Waals surface area (Å²) in [5.74, 6) is -1.62. The Morgan fingerprint density at radius 1 is 1.03 bits per heavy atom. The highest BCUT2D eigenvalue weighted by Gasteiger charge is 2.57. The molecule has 0 unspecified atom stereocenters. The number of nitrogens with zero attached hydrogens (tertiary/aromatic N) is 1. The Morgan fingerprint density at radius 3 is 2.61 bits per heavy atom. The quantitative estimate of drug-likeness (QED) is 0.639. The van der Waals surface area contributed by atoms with Crippen molar-refractivity contribution in [3.05, 3.63) is 77.7 Å². The number of benzene rings is 2. The van der Waals surface area contributed by atoms with E-state index in [9.17, 15) is 18.0 Å². The molecule has 1 aromatic heterocycles. The smallest absolute Gasteiger partial charge is 0.320 e. The first-order chi connectivity index (χ1) is 15.0. The van der Waals surface area contributed by atoms with Crippen LogP contribution in [0.3, 0.4) is 0 Å². The zero-order valence-electron chi connectivity index (χ0n) is 15.9. The average Bonchev–Trinajstić information content (AvgIpc) is 3.46. The molecule has 2 amide bonds. The van der Waals surface area contributed by atoms with Crippen LogP contribution in [0, 0.1) is 23.4 Å². The van der Waals surface area contributed by atoms with Crippen LogP contribution in [0.25, 0.3) is 0 Å². The molecule has 1 fully saturated rings. The first-order valence-corrected chi connectivity index (χ1v) is 9.58. The highest BCUT2D eigenvalue weighted by atomic mass is 19.1. The van der Waals surface area contributed by atoms with Crippen LogP contribution in [0.2, 0.25) is 0 Å². The highest BCUT2D eigenvalue weighted by molar-refractivity contribution is 5.89. The van der Waals surface area contributed by atoms with Gasteiger partial charge in [-0.1, -0.05) is 12.1 Å². The van der Waals surface area contributed by atoms with Crippen molar-refractivity contribution in [2.24, 2.45) is 5.92 Å². The second-order valence-corrected chi connectivity index (χ2v) is 7.31. The summed E-state index contributed by atoms with van der Waals surface area (Å²) in [6, 6.07) is 10.2. The van der Waals surface area contributed by atoms with Crippen LogP contribution < -0.4 is 20.1 Å². The summed E-state index contributed by atoms with van der Waals surface area (Å²) in [5.41, 5.74) is 0.161. The third kappa shape index (κ3) is 3.63.